The van der Waals surface area contributed by atoms with Crippen molar-refractivity contribution < 1.29 is 9.59 Å². The number of halogens is 1. The fraction of sp³-hybridized carbons (Fsp3) is 0.200. The normalized spacial score (nSPS) is 16.8. The maximum atomic E-state index is 13.0. The van der Waals surface area contributed by atoms with Crippen LogP contribution in [0.3, 0.4) is 0 Å². The fourth-order valence-corrected chi connectivity index (χ4v) is 3.37. The third-order valence-corrected chi connectivity index (χ3v) is 4.88. The van der Waals surface area contributed by atoms with Crippen molar-refractivity contribution in [3.05, 3.63) is 74.9 Å². The lowest BCUT2D eigenvalue weighted by Crippen LogP contribution is -2.46. The second-order valence-electron chi connectivity index (χ2n) is 6.39. The summed E-state index contributed by atoms with van der Waals surface area (Å²) in [6.07, 6.45) is 0. The van der Waals surface area contributed by atoms with Gasteiger partial charge in [0, 0.05) is 15.9 Å². The number of anilines is 1. The van der Waals surface area contributed by atoms with E-state index >= 15 is 0 Å². The Labute approximate surface area is 161 Å². The molecular formula is C20H20BrN3O2. The Morgan fingerprint density at radius 1 is 1.08 bits per heavy atom. The third kappa shape index (κ3) is 3.80. The van der Waals surface area contributed by atoms with Gasteiger partial charge in [-0.25, -0.2) is 4.79 Å². The van der Waals surface area contributed by atoms with Gasteiger partial charge in [-0.1, -0.05) is 39.7 Å². The molecule has 1 aliphatic rings. The monoisotopic (exact) mass is 413 g/mol. The van der Waals surface area contributed by atoms with E-state index in [0.717, 1.165) is 21.2 Å². The summed E-state index contributed by atoms with van der Waals surface area (Å²) in [5, 5.41) is 8.48. The minimum atomic E-state index is -0.500. The summed E-state index contributed by atoms with van der Waals surface area (Å²) in [5.74, 6) is -0.248. The fourth-order valence-electron chi connectivity index (χ4n) is 3.11. The maximum absolute atomic E-state index is 13.0. The lowest BCUT2D eigenvalue weighted by atomic mass is 9.91. The number of benzene rings is 2. The zero-order chi connectivity index (χ0) is 18.8. The molecule has 3 N–H and O–H groups in total. The van der Waals surface area contributed by atoms with Crippen LogP contribution in [-0.4, -0.2) is 11.9 Å². The molecule has 6 heteroatoms. The molecule has 1 atom stereocenters. The van der Waals surface area contributed by atoms with E-state index < -0.39 is 6.04 Å². The van der Waals surface area contributed by atoms with Gasteiger partial charge in [0.25, 0.3) is 5.91 Å². The van der Waals surface area contributed by atoms with Crippen LogP contribution in [-0.2, 0) is 4.79 Å². The van der Waals surface area contributed by atoms with E-state index in [1.165, 1.54) is 0 Å². The van der Waals surface area contributed by atoms with Crippen molar-refractivity contribution in [2.45, 2.75) is 26.8 Å². The van der Waals surface area contributed by atoms with Crippen molar-refractivity contribution in [2.24, 2.45) is 0 Å². The molecule has 0 aromatic heterocycles. The Bertz CT molecular complexity index is 904. The molecular weight excluding hydrogens is 394 g/mol. The second-order valence-corrected chi connectivity index (χ2v) is 7.31. The molecule has 1 aliphatic heterocycles. The molecule has 2 aromatic carbocycles. The molecule has 26 heavy (non-hydrogen) atoms. The van der Waals surface area contributed by atoms with Gasteiger partial charge >= 0.3 is 6.03 Å². The van der Waals surface area contributed by atoms with Gasteiger partial charge in [-0.3, -0.25) is 4.79 Å². The molecule has 0 unspecified atom stereocenters. The second kappa shape index (κ2) is 7.33. The Balaban J connectivity index is 1.97. The van der Waals surface area contributed by atoms with E-state index in [1.807, 2.05) is 56.3 Å². The zero-order valence-corrected chi connectivity index (χ0v) is 16.4. The van der Waals surface area contributed by atoms with Gasteiger partial charge in [-0.15, -0.1) is 0 Å². The third-order valence-electron chi connectivity index (χ3n) is 4.35. The van der Waals surface area contributed by atoms with Crippen molar-refractivity contribution >= 4 is 33.6 Å². The number of rotatable bonds is 3. The van der Waals surface area contributed by atoms with Crippen LogP contribution in [0, 0.1) is 13.8 Å². The van der Waals surface area contributed by atoms with Gasteiger partial charge in [0.15, 0.2) is 0 Å². The summed E-state index contributed by atoms with van der Waals surface area (Å²) in [4.78, 5) is 25.0. The van der Waals surface area contributed by atoms with E-state index in [9.17, 15) is 9.59 Å². The number of allylic oxidation sites excluding steroid dienone is 1. The predicted octanol–water partition coefficient (Wildman–Crippen LogP) is 4.33. The van der Waals surface area contributed by atoms with Crippen LogP contribution in [0.2, 0.25) is 0 Å². The van der Waals surface area contributed by atoms with Crippen molar-refractivity contribution in [2.75, 3.05) is 5.32 Å². The average Bonchev–Trinajstić information content (AvgIpc) is 2.56. The highest BCUT2D eigenvalue weighted by atomic mass is 79.9. The topological polar surface area (TPSA) is 70.2 Å². The Morgan fingerprint density at radius 2 is 1.77 bits per heavy atom. The van der Waals surface area contributed by atoms with Crippen LogP contribution >= 0.6 is 15.9 Å². The minimum Gasteiger partial charge on any atom is -0.327 e. The van der Waals surface area contributed by atoms with Crippen molar-refractivity contribution in [1.29, 1.82) is 0 Å². The van der Waals surface area contributed by atoms with Crippen molar-refractivity contribution in [3.63, 3.8) is 0 Å². The van der Waals surface area contributed by atoms with E-state index in [0.29, 0.717) is 17.0 Å². The first-order valence-electron chi connectivity index (χ1n) is 8.27. The number of amides is 3. The Morgan fingerprint density at radius 3 is 2.42 bits per heavy atom. The SMILES string of the molecule is CC1=C(C(=O)Nc2ccc(Br)cc2)[C@H](c2ccc(C)cc2C)NC(=O)N1. The summed E-state index contributed by atoms with van der Waals surface area (Å²) < 4.78 is 0.936. The number of urea groups is 1. The largest absolute Gasteiger partial charge is 0.327 e. The highest BCUT2D eigenvalue weighted by Gasteiger charge is 2.32. The van der Waals surface area contributed by atoms with Gasteiger partial charge in [0.2, 0.25) is 0 Å². The van der Waals surface area contributed by atoms with Gasteiger partial charge in [0.05, 0.1) is 11.6 Å². The molecule has 3 amide bonds. The van der Waals surface area contributed by atoms with Gasteiger partial charge in [-0.2, -0.15) is 0 Å². The van der Waals surface area contributed by atoms with Crippen LogP contribution in [0.15, 0.2) is 58.2 Å². The molecule has 134 valence electrons. The average molecular weight is 414 g/mol. The molecule has 0 saturated carbocycles. The maximum Gasteiger partial charge on any atom is 0.319 e. The summed E-state index contributed by atoms with van der Waals surface area (Å²) >= 11 is 3.38. The number of nitrogens with one attached hydrogen (secondary N) is 3. The summed E-state index contributed by atoms with van der Waals surface area (Å²) in [7, 11) is 0. The minimum absolute atomic E-state index is 0.248. The zero-order valence-electron chi connectivity index (χ0n) is 14.8. The molecule has 2 aromatic rings. The van der Waals surface area contributed by atoms with Crippen molar-refractivity contribution in [3.8, 4) is 0 Å². The number of hydrogen-bond donors (Lipinski definition) is 3. The Hall–Kier alpha value is -2.60. The molecule has 0 radical (unpaired) electrons. The molecule has 0 aliphatic carbocycles. The van der Waals surface area contributed by atoms with Gasteiger partial charge in [0.1, 0.15) is 0 Å². The van der Waals surface area contributed by atoms with E-state index in [2.05, 4.69) is 31.9 Å². The summed E-state index contributed by atoms with van der Waals surface area (Å²) in [5.41, 5.74) is 4.81. The summed E-state index contributed by atoms with van der Waals surface area (Å²) in [6.45, 7) is 5.74. The Kier molecular flexibility index (Phi) is 5.13. The molecule has 1 heterocycles. The number of carbonyl (C=O) groups excluding carboxylic acids is 2. The highest BCUT2D eigenvalue weighted by molar-refractivity contribution is 9.10. The standard InChI is InChI=1S/C20H20BrN3O2/c1-11-4-9-16(12(2)10-11)18-17(13(3)22-20(26)24-18)19(25)23-15-7-5-14(21)6-8-15/h4-10,18H,1-3H3,(H,23,25)(H2,22,24,26)/t18-/m0/s1. The first kappa shape index (κ1) is 18.2. The lowest BCUT2D eigenvalue weighted by Gasteiger charge is -2.29. The van der Waals surface area contributed by atoms with Crippen LogP contribution < -0.4 is 16.0 Å². The quantitative estimate of drug-likeness (QED) is 0.700. The van der Waals surface area contributed by atoms with Crippen molar-refractivity contribution in [1.82, 2.24) is 10.6 Å². The molecule has 0 fully saturated rings. The molecule has 0 saturated heterocycles. The number of aryl methyl sites for hydroxylation is 2. The number of carbonyl (C=O) groups is 2. The first-order valence-corrected chi connectivity index (χ1v) is 9.07. The number of hydrogen-bond acceptors (Lipinski definition) is 2. The summed E-state index contributed by atoms with van der Waals surface area (Å²) in [6, 6.07) is 12.5. The molecule has 0 spiro atoms. The van der Waals surface area contributed by atoms with Crippen LogP contribution in [0.1, 0.15) is 29.7 Å². The first-order chi connectivity index (χ1) is 12.3. The van der Waals surface area contributed by atoms with Crippen LogP contribution in [0.5, 0.6) is 0 Å². The highest BCUT2D eigenvalue weighted by Crippen LogP contribution is 2.30. The molecule has 5 nitrogen and oxygen atoms in total. The predicted molar refractivity (Wildman–Crippen MR) is 106 cm³/mol. The lowest BCUT2D eigenvalue weighted by molar-refractivity contribution is -0.113. The van der Waals surface area contributed by atoms with Crippen LogP contribution in [0.4, 0.5) is 10.5 Å². The van der Waals surface area contributed by atoms with Gasteiger partial charge < -0.3 is 16.0 Å². The van der Waals surface area contributed by atoms with E-state index in [1.54, 1.807) is 6.92 Å². The van der Waals surface area contributed by atoms with E-state index in [4.69, 9.17) is 0 Å². The molecule has 0 bridgehead atoms. The smallest absolute Gasteiger partial charge is 0.319 e. The van der Waals surface area contributed by atoms with Gasteiger partial charge in [-0.05, 0) is 56.2 Å². The van der Waals surface area contributed by atoms with E-state index in [-0.39, 0.29) is 11.9 Å². The van der Waals surface area contributed by atoms with Crippen LogP contribution in [0.25, 0.3) is 0 Å². The molecule has 3 rings (SSSR count).